The molecule has 90 valence electrons. The molecule has 0 bridgehead atoms. The van der Waals surface area contributed by atoms with Gasteiger partial charge in [-0.25, -0.2) is 0 Å². The Bertz CT molecular complexity index is 418. The molecule has 0 unspecified atom stereocenters. The highest BCUT2D eigenvalue weighted by molar-refractivity contribution is 5.32. The summed E-state index contributed by atoms with van der Waals surface area (Å²) in [4.78, 5) is 2.19. The largest absolute Gasteiger partial charge is 0.316 e. The van der Waals surface area contributed by atoms with Gasteiger partial charge < -0.3 is 5.32 Å². The van der Waals surface area contributed by atoms with E-state index in [-0.39, 0.29) is 0 Å². The van der Waals surface area contributed by atoms with Crippen LogP contribution in [0.4, 0.5) is 0 Å². The van der Waals surface area contributed by atoms with Crippen LogP contribution in [-0.4, -0.2) is 32.1 Å². The number of benzene rings is 1. The van der Waals surface area contributed by atoms with Gasteiger partial charge in [0.2, 0.25) is 0 Å². The van der Waals surface area contributed by atoms with Crippen molar-refractivity contribution >= 4 is 0 Å². The fourth-order valence-electron chi connectivity index (χ4n) is 1.79. The average Bonchev–Trinajstić information content (AvgIpc) is 2.29. The number of nitrogens with one attached hydrogen (secondary N) is 1. The van der Waals surface area contributed by atoms with E-state index in [0.29, 0.717) is 5.56 Å². The van der Waals surface area contributed by atoms with Crippen molar-refractivity contribution < 1.29 is 0 Å². The number of hydrogen-bond donors (Lipinski definition) is 1. The monoisotopic (exact) mass is 229 g/mol. The summed E-state index contributed by atoms with van der Waals surface area (Å²) in [6.45, 7) is 6.53. The number of hydrogen-bond acceptors (Lipinski definition) is 3. The molecule has 3 nitrogen and oxygen atoms in total. The zero-order chi connectivity index (χ0) is 12.7. The van der Waals surface area contributed by atoms with E-state index in [0.717, 1.165) is 30.8 Å². The molecule has 0 aliphatic carbocycles. The Kier molecular flexibility index (Phi) is 5.41. The molecule has 1 aromatic carbocycles. The van der Waals surface area contributed by atoms with Crippen molar-refractivity contribution in [2.24, 2.45) is 0 Å². The zero-order valence-corrected chi connectivity index (χ0v) is 10.5. The highest BCUT2D eigenvalue weighted by Crippen LogP contribution is 2.07. The van der Waals surface area contributed by atoms with Gasteiger partial charge >= 0.3 is 0 Å². The third-order valence-electron chi connectivity index (χ3n) is 2.43. The highest BCUT2D eigenvalue weighted by atomic mass is 15.1. The molecular weight excluding hydrogens is 210 g/mol. The van der Waals surface area contributed by atoms with Crippen LogP contribution in [-0.2, 0) is 6.54 Å². The molecule has 0 aromatic heterocycles. The smallest absolute Gasteiger partial charge is 0.0991 e. The van der Waals surface area contributed by atoms with E-state index in [1.807, 2.05) is 31.3 Å². The van der Waals surface area contributed by atoms with Crippen LogP contribution in [0, 0.1) is 11.3 Å². The second kappa shape index (κ2) is 6.85. The first-order chi connectivity index (χ1) is 8.15. The van der Waals surface area contributed by atoms with E-state index in [1.54, 1.807) is 0 Å². The van der Waals surface area contributed by atoms with Crippen molar-refractivity contribution in [2.75, 3.05) is 27.2 Å². The van der Waals surface area contributed by atoms with Crippen molar-refractivity contribution in [3.63, 3.8) is 0 Å². The number of likely N-dealkylation sites (N-methyl/N-ethyl adjacent to an activating group) is 2. The molecule has 1 aromatic rings. The van der Waals surface area contributed by atoms with Gasteiger partial charge in [0, 0.05) is 19.6 Å². The third kappa shape index (κ3) is 4.81. The van der Waals surface area contributed by atoms with Crippen LogP contribution in [0.1, 0.15) is 11.1 Å². The molecule has 0 atom stereocenters. The Hall–Kier alpha value is -1.63. The highest BCUT2D eigenvalue weighted by Gasteiger charge is 2.03. The first-order valence-electron chi connectivity index (χ1n) is 5.64. The van der Waals surface area contributed by atoms with Crippen molar-refractivity contribution in [1.82, 2.24) is 10.2 Å². The van der Waals surface area contributed by atoms with Gasteiger partial charge in [-0.05, 0) is 37.4 Å². The minimum Gasteiger partial charge on any atom is -0.316 e. The molecule has 0 spiro atoms. The van der Waals surface area contributed by atoms with E-state index >= 15 is 0 Å². The van der Waals surface area contributed by atoms with Crippen LogP contribution >= 0.6 is 0 Å². The summed E-state index contributed by atoms with van der Waals surface area (Å²) < 4.78 is 0. The lowest BCUT2D eigenvalue weighted by molar-refractivity contribution is 0.353. The molecule has 0 fully saturated rings. The van der Waals surface area contributed by atoms with Gasteiger partial charge in [-0.3, -0.25) is 4.90 Å². The number of rotatable bonds is 6. The van der Waals surface area contributed by atoms with Gasteiger partial charge in [0.05, 0.1) is 11.6 Å². The summed E-state index contributed by atoms with van der Waals surface area (Å²) in [7, 11) is 3.97. The second-order valence-corrected chi connectivity index (χ2v) is 4.26. The molecule has 17 heavy (non-hydrogen) atoms. The fourth-order valence-corrected chi connectivity index (χ4v) is 1.79. The SMILES string of the molecule is C=C(CNC)CN(C)Cc1cccc(C#N)c1. The maximum atomic E-state index is 8.83. The van der Waals surface area contributed by atoms with Crippen LogP contribution in [0.2, 0.25) is 0 Å². The standard InChI is InChI=1S/C14H19N3/c1-12(9-16-2)10-17(3)11-14-6-4-5-13(7-14)8-15/h4-7,16H,1,9-11H2,2-3H3. The molecule has 3 heteroatoms. The van der Waals surface area contributed by atoms with Gasteiger partial charge in [-0.1, -0.05) is 18.7 Å². The van der Waals surface area contributed by atoms with Crippen molar-refractivity contribution in [3.05, 3.63) is 47.5 Å². The Morgan fingerprint density at radius 2 is 2.29 bits per heavy atom. The molecule has 0 saturated carbocycles. The molecule has 0 aliphatic rings. The zero-order valence-electron chi connectivity index (χ0n) is 10.5. The summed E-state index contributed by atoms with van der Waals surface area (Å²) in [6, 6.07) is 9.87. The second-order valence-electron chi connectivity index (χ2n) is 4.26. The summed E-state index contributed by atoms with van der Waals surface area (Å²) in [5.74, 6) is 0. The van der Waals surface area contributed by atoms with E-state index in [9.17, 15) is 0 Å². The predicted octanol–water partition coefficient (Wildman–Crippen LogP) is 1.77. The van der Waals surface area contributed by atoms with E-state index < -0.39 is 0 Å². The van der Waals surface area contributed by atoms with E-state index in [2.05, 4.69) is 29.9 Å². The van der Waals surface area contributed by atoms with Gasteiger partial charge in [0.1, 0.15) is 0 Å². The Morgan fingerprint density at radius 3 is 2.94 bits per heavy atom. The topological polar surface area (TPSA) is 39.1 Å². The number of nitrogens with zero attached hydrogens (tertiary/aromatic N) is 2. The van der Waals surface area contributed by atoms with Crippen LogP contribution in [0.25, 0.3) is 0 Å². The molecule has 0 heterocycles. The Labute approximate surface area is 103 Å². The minimum absolute atomic E-state index is 0.713. The Morgan fingerprint density at radius 1 is 1.53 bits per heavy atom. The molecule has 1 rings (SSSR count). The van der Waals surface area contributed by atoms with Gasteiger partial charge in [-0.2, -0.15) is 5.26 Å². The fraction of sp³-hybridized carbons (Fsp3) is 0.357. The molecule has 0 amide bonds. The Balaban J connectivity index is 2.53. The lowest BCUT2D eigenvalue weighted by atomic mass is 10.1. The minimum atomic E-state index is 0.713. The first-order valence-corrected chi connectivity index (χ1v) is 5.64. The van der Waals surface area contributed by atoms with Crippen LogP contribution in [0.5, 0.6) is 0 Å². The van der Waals surface area contributed by atoms with E-state index in [1.165, 1.54) is 0 Å². The van der Waals surface area contributed by atoms with Crippen molar-refractivity contribution in [1.29, 1.82) is 5.26 Å². The lowest BCUT2D eigenvalue weighted by Gasteiger charge is -2.18. The molecule has 1 N–H and O–H groups in total. The van der Waals surface area contributed by atoms with Crippen molar-refractivity contribution in [3.8, 4) is 6.07 Å². The first kappa shape index (κ1) is 13.4. The lowest BCUT2D eigenvalue weighted by Crippen LogP contribution is -2.24. The summed E-state index contributed by atoms with van der Waals surface area (Å²) in [5, 5.41) is 11.9. The van der Waals surface area contributed by atoms with Crippen LogP contribution < -0.4 is 5.32 Å². The quantitative estimate of drug-likeness (QED) is 0.756. The predicted molar refractivity (Wildman–Crippen MR) is 70.6 cm³/mol. The average molecular weight is 229 g/mol. The third-order valence-corrected chi connectivity index (χ3v) is 2.43. The maximum absolute atomic E-state index is 8.83. The molecular formula is C14H19N3. The van der Waals surface area contributed by atoms with Crippen molar-refractivity contribution in [2.45, 2.75) is 6.54 Å². The summed E-state index contributed by atoms with van der Waals surface area (Å²) >= 11 is 0. The van der Waals surface area contributed by atoms with Gasteiger partial charge in [0.15, 0.2) is 0 Å². The van der Waals surface area contributed by atoms with Crippen LogP contribution in [0.15, 0.2) is 36.4 Å². The van der Waals surface area contributed by atoms with Gasteiger partial charge in [-0.15, -0.1) is 0 Å². The molecule has 0 saturated heterocycles. The summed E-state index contributed by atoms with van der Waals surface area (Å²) in [6.07, 6.45) is 0. The van der Waals surface area contributed by atoms with Crippen LogP contribution in [0.3, 0.4) is 0 Å². The number of nitriles is 1. The normalized spacial score (nSPS) is 10.2. The van der Waals surface area contributed by atoms with E-state index in [4.69, 9.17) is 5.26 Å². The molecule has 0 radical (unpaired) electrons. The summed E-state index contributed by atoms with van der Waals surface area (Å²) in [5.41, 5.74) is 3.03. The van der Waals surface area contributed by atoms with Gasteiger partial charge in [0.25, 0.3) is 0 Å². The molecule has 0 aliphatic heterocycles. The maximum Gasteiger partial charge on any atom is 0.0991 e.